The van der Waals surface area contributed by atoms with Crippen LogP contribution in [0.25, 0.3) is 0 Å². The van der Waals surface area contributed by atoms with Crippen LogP contribution in [0.5, 0.6) is 0 Å². The number of hydrogen-bond donors (Lipinski definition) is 1. The summed E-state index contributed by atoms with van der Waals surface area (Å²) in [6, 6.07) is 0.413. The molecule has 1 fully saturated rings. The number of nitrogens with zero attached hydrogens (tertiary/aromatic N) is 2. The zero-order valence-corrected chi connectivity index (χ0v) is 15.0. The Morgan fingerprint density at radius 2 is 2.20 bits per heavy atom. The van der Waals surface area contributed by atoms with Crippen LogP contribution in [0.1, 0.15) is 64.6 Å². The molecule has 0 bridgehead atoms. The molecule has 1 aromatic rings. The lowest BCUT2D eigenvalue weighted by molar-refractivity contribution is 0.154. The molecular formula is C16H28BrN3. The van der Waals surface area contributed by atoms with E-state index >= 15 is 0 Å². The first-order chi connectivity index (χ1) is 9.35. The molecule has 2 unspecified atom stereocenters. The highest BCUT2D eigenvalue weighted by Crippen LogP contribution is 2.48. The van der Waals surface area contributed by atoms with Crippen molar-refractivity contribution in [2.75, 3.05) is 13.6 Å². The lowest BCUT2D eigenvalue weighted by atomic mass is 9.66. The average molecular weight is 342 g/mol. The summed E-state index contributed by atoms with van der Waals surface area (Å²) in [5, 5.41) is 7.96. The van der Waals surface area contributed by atoms with E-state index in [9.17, 15) is 0 Å². The van der Waals surface area contributed by atoms with Crippen LogP contribution in [0.2, 0.25) is 0 Å². The van der Waals surface area contributed by atoms with Gasteiger partial charge in [0.05, 0.1) is 16.4 Å². The summed E-state index contributed by atoms with van der Waals surface area (Å²) in [5.74, 6) is 1.30. The quantitative estimate of drug-likeness (QED) is 0.881. The van der Waals surface area contributed by atoms with E-state index in [2.05, 4.69) is 65.8 Å². The van der Waals surface area contributed by atoms with Gasteiger partial charge < -0.3 is 5.32 Å². The molecule has 1 aromatic heterocycles. The predicted octanol–water partition coefficient (Wildman–Crippen LogP) is 4.36. The zero-order valence-electron chi connectivity index (χ0n) is 13.4. The van der Waals surface area contributed by atoms with E-state index in [0.717, 1.165) is 6.54 Å². The monoisotopic (exact) mass is 341 g/mol. The fraction of sp³-hybridized carbons (Fsp3) is 0.812. The third-order valence-electron chi connectivity index (χ3n) is 4.63. The minimum Gasteiger partial charge on any atom is -0.319 e. The van der Waals surface area contributed by atoms with E-state index in [1.807, 2.05) is 6.20 Å². The Labute approximate surface area is 131 Å². The highest BCUT2D eigenvalue weighted by molar-refractivity contribution is 9.10. The molecule has 2 rings (SSSR count). The molecule has 0 radical (unpaired) electrons. The lowest BCUT2D eigenvalue weighted by Gasteiger charge is -2.41. The second-order valence-corrected chi connectivity index (χ2v) is 8.10. The molecule has 3 nitrogen and oxygen atoms in total. The minimum absolute atomic E-state index is 0.413. The predicted molar refractivity (Wildman–Crippen MR) is 88.1 cm³/mol. The smallest absolute Gasteiger partial charge is 0.0635 e. The van der Waals surface area contributed by atoms with E-state index in [-0.39, 0.29) is 0 Å². The topological polar surface area (TPSA) is 29.9 Å². The van der Waals surface area contributed by atoms with E-state index < -0.39 is 0 Å². The van der Waals surface area contributed by atoms with Crippen molar-refractivity contribution in [3.05, 3.63) is 16.4 Å². The number of hydrogen-bond acceptors (Lipinski definition) is 2. The first-order valence-electron chi connectivity index (χ1n) is 7.73. The van der Waals surface area contributed by atoms with Crippen molar-refractivity contribution in [1.29, 1.82) is 0 Å². The van der Waals surface area contributed by atoms with Gasteiger partial charge in [-0.25, -0.2) is 0 Å². The zero-order chi connectivity index (χ0) is 14.9. The fourth-order valence-electron chi connectivity index (χ4n) is 3.58. The van der Waals surface area contributed by atoms with Crippen LogP contribution in [0.3, 0.4) is 0 Å². The Hall–Kier alpha value is -0.350. The SMILES string of the molecule is CNCC1CCC(C)(C)CC1c1c(Br)cnn1C(C)C. The molecule has 0 aromatic carbocycles. The molecular weight excluding hydrogens is 314 g/mol. The standard InChI is InChI=1S/C16H28BrN3/c1-11(2)20-15(14(17)10-19-20)13-8-16(3,4)7-6-12(13)9-18-5/h10-13,18H,6-9H2,1-5H3. The van der Waals surface area contributed by atoms with Crippen molar-refractivity contribution in [3.8, 4) is 0 Å². The molecule has 114 valence electrons. The van der Waals surface area contributed by atoms with E-state index in [0.29, 0.717) is 23.3 Å². The molecule has 0 saturated heterocycles. The van der Waals surface area contributed by atoms with Gasteiger partial charge in [-0.2, -0.15) is 5.10 Å². The maximum absolute atomic E-state index is 4.58. The number of halogens is 1. The van der Waals surface area contributed by atoms with Gasteiger partial charge in [-0.15, -0.1) is 0 Å². The molecule has 2 atom stereocenters. The summed E-state index contributed by atoms with van der Waals surface area (Å²) >= 11 is 3.73. The van der Waals surface area contributed by atoms with Crippen LogP contribution >= 0.6 is 15.9 Å². The van der Waals surface area contributed by atoms with Gasteiger partial charge in [0.2, 0.25) is 0 Å². The van der Waals surface area contributed by atoms with Crippen LogP contribution in [-0.2, 0) is 0 Å². The molecule has 4 heteroatoms. The van der Waals surface area contributed by atoms with Crippen LogP contribution in [0.15, 0.2) is 10.7 Å². The van der Waals surface area contributed by atoms with E-state index in [1.54, 1.807) is 0 Å². The second kappa shape index (κ2) is 6.18. The number of aromatic nitrogens is 2. The Balaban J connectivity index is 2.37. The maximum Gasteiger partial charge on any atom is 0.0635 e. The normalized spacial score (nSPS) is 26.1. The van der Waals surface area contributed by atoms with Crippen molar-refractivity contribution < 1.29 is 0 Å². The van der Waals surface area contributed by atoms with Crippen molar-refractivity contribution in [2.24, 2.45) is 11.3 Å². The van der Waals surface area contributed by atoms with Gasteiger partial charge in [-0.05, 0) is 74.0 Å². The Morgan fingerprint density at radius 3 is 2.80 bits per heavy atom. The van der Waals surface area contributed by atoms with Gasteiger partial charge in [-0.1, -0.05) is 13.8 Å². The van der Waals surface area contributed by atoms with Crippen LogP contribution < -0.4 is 5.32 Å². The van der Waals surface area contributed by atoms with Crippen LogP contribution in [-0.4, -0.2) is 23.4 Å². The van der Waals surface area contributed by atoms with Crippen molar-refractivity contribution in [3.63, 3.8) is 0 Å². The highest BCUT2D eigenvalue weighted by atomic mass is 79.9. The lowest BCUT2D eigenvalue weighted by Crippen LogP contribution is -2.35. The Bertz CT molecular complexity index is 451. The molecule has 1 N–H and O–H groups in total. The van der Waals surface area contributed by atoms with Gasteiger partial charge in [0.25, 0.3) is 0 Å². The third kappa shape index (κ3) is 3.28. The minimum atomic E-state index is 0.413. The van der Waals surface area contributed by atoms with E-state index in [4.69, 9.17) is 0 Å². The molecule has 20 heavy (non-hydrogen) atoms. The summed E-state index contributed by atoms with van der Waals surface area (Å²) in [4.78, 5) is 0. The van der Waals surface area contributed by atoms with Crippen LogP contribution in [0, 0.1) is 11.3 Å². The highest BCUT2D eigenvalue weighted by Gasteiger charge is 2.38. The molecule has 0 spiro atoms. The van der Waals surface area contributed by atoms with Crippen molar-refractivity contribution >= 4 is 15.9 Å². The summed E-state index contributed by atoms with van der Waals surface area (Å²) in [5.41, 5.74) is 1.83. The van der Waals surface area contributed by atoms with Gasteiger partial charge >= 0.3 is 0 Å². The van der Waals surface area contributed by atoms with Gasteiger partial charge in [0, 0.05) is 12.0 Å². The van der Waals surface area contributed by atoms with Crippen molar-refractivity contribution in [1.82, 2.24) is 15.1 Å². The Kier molecular flexibility index (Phi) is 4.96. The molecule has 1 aliphatic rings. The van der Waals surface area contributed by atoms with Crippen molar-refractivity contribution in [2.45, 2.75) is 58.9 Å². The molecule has 0 amide bonds. The molecule has 1 aliphatic carbocycles. The largest absolute Gasteiger partial charge is 0.319 e. The summed E-state index contributed by atoms with van der Waals surface area (Å²) in [7, 11) is 2.06. The first-order valence-corrected chi connectivity index (χ1v) is 8.52. The summed E-state index contributed by atoms with van der Waals surface area (Å²) in [6.45, 7) is 10.3. The summed E-state index contributed by atoms with van der Waals surface area (Å²) < 4.78 is 3.38. The molecule has 1 saturated carbocycles. The molecule has 0 aliphatic heterocycles. The summed E-state index contributed by atoms with van der Waals surface area (Å²) in [6.07, 6.45) is 5.83. The van der Waals surface area contributed by atoms with Gasteiger partial charge in [0.15, 0.2) is 0 Å². The van der Waals surface area contributed by atoms with Crippen LogP contribution in [0.4, 0.5) is 0 Å². The van der Waals surface area contributed by atoms with E-state index in [1.165, 1.54) is 29.4 Å². The number of nitrogens with one attached hydrogen (secondary N) is 1. The first kappa shape index (κ1) is 16.0. The number of rotatable bonds is 4. The third-order valence-corrected chi connectivity index (χ3v) is 5.24. The second-order valence-electron chi connectivity index (χ2n) is 7.25. The van der Waals surface area contributed by atoms with Gasteiger partial charge in [0.1, 0.15) is 0 Å². The molecule has 1 heterocycles. The maximum atomic E-state index is 4.58. The Morgan fingerprint density at radius 1 is 1.50 bits per heavy atom. The van der Waals surface area contributed by atoms with Gasteiger partial charge in [-0.3, -0.25) is 4.68 Å². The fourth-order valence-corrected chi connectivity index (χ4v) is 4.14. The average Bonchev–Trinajstić information content (AvgIpc) is 2.73.